The van der Waals surface area contributed by atoms with Gasteiger partial charge in [-0.3, -0.25) is 4.79 Å². The van der Waals surface area contributed by atoms with Gasteiger partial charge in [-0.05, 0) is 34.7 Å². The minimum Gasteiger partial charge on any atom is -0.284 e. The van der Waals surface area contributed by atoms with Crippen molar-refractivity contribution < 1.29 is 26.7 Å². The van der Waals surface area contributed by atoms with Gasteiger partial charge in [-0.2, -0.15) is 13.2 Å². The zero-order chi connectivity index (χ0) is 11.8. The predicted octanol–water partition coefficient (Wildman–Crippen LogP) is 3.31. The van der Waals surface area contributed by atoms with Crippen LogP contribution in [0.3, 0.4) is 0 Å². The minimum atomic E-state index is -5.21. The van der Waals surface area contributed by atoms with Gasteiger partial charge in [-0.15, -0.1) is 0 Å². The zero-order valence-corrected chi connectivity index (χ0v) is 8.99. The Morgan fingerprint density at radius 3 is 2.07 bits per heavy atom. The first-order valence-corrected chi connectivity index (χ1v) is 4.58. The van der Waals surface area contributed by atoms with E-state index in [-0.39, 0.29) is 0 Å². The first-order chi connectivity index (χ1) is 6.75. The largest absolute Gasteiger partial charge is 0.455 e. The van der Waals surface area contributed by atoms with Crippen molar-refractivity contribution in [2.75, 3.05) is 0 Å². The Hall–Kier alpha value is -0.730. The maximum Gasteiger partial charge on any atom is 0.455 e. The number of hydrogen-bond donors (Lipinski definition) is 0. The molecular weight excluding hydrogens is 334 g/mol. The molecule has 7 heteroatoms. The van der Waals surface area contributed by atoms with Crippen LogP contribution in [0.15, 0.2) is 12.1 Å². The van der Waals surface area contributed by atoms with Gasteiger partial charge in [0.05, 0.1) is 9.13 Å². The molecule has 0 aromatic heterocycles. The second-order valence-corrected chi connectivity index (χ2v) is 3.62. The Morgan fingerprint density at radius 2 is 1.60 bits per heavy atom. The lowest BCUT2D eigenvalue weighted by Crippen LogP contribution is -2.25. The third-order valence-electron chi connectivity index (χ3n) is 1.53. The summed E-state index contributed by atoms with van der Waals surface area (Å²) in [7, 11) is 0. The summed E-state index contributed by atoms with van der Waals surface area (Å²) in [6, 6.07) is 1.14. The molecule has 0 atom stereocenters. The summed E-state index contributed by atoms with van der Waals surface area (Å²) in [6.45, 7) is 0. The van der Waals surface area contributed by atoms with Crippen molar-refractivity contribution in [3.05, 3.63) is 32.9 Å². The van der Waals surface area contributed by atoms with Gasteiger partial charge in [0.1, 0.15) is 11.6 Å². The van der Waals surface area contributed by atoms with Crippen molar-refractivity contribution in [2.24, 2.45) is 0 Å². The lowest BCUT2D eigenvalue weighted by molar-refractivity contribution is -0.0888. The second-order valence-electron chi connectivity index (χ2n) is 2.55. The van der Waals surface area contributed by atoms with E-state index >= 15 is 0 Å². The summed E-state index contributed by atoms with van der Waals surface area (Å²) in [5, 5.41) is 0. The van der Waals surface area contributed by atoms with Gasteiger partial charge in [0, 0.05) is 0 Å². The van der Waals surface area contributed by atoms with Crippen molar-refractivity contribution >= 4 is 28.4 Å². The fraction of sp³-hybridized carbons (Fsp3) is 0.125. The topological polar surface area (TPSA) is 17.1 Å². The molecule has 0 bridgehead atoms. The lowest BCUT2D eigenvalue weighted by Gasteiger charge is -2.08. The molecule has 0 saturated carbocycles. The van der Waals surface area contributed by atoms with E-state index in [0.717, 1.165) is 22.6 Å². The van der Waals surface area contributed by atoms with Crippen LogP contribution in [-0.4, -0.2) is 12.0 Å². The van der Waals surface area contributed by atoms with E-state index in [1.807, 2.05) is 0 Å². The molecular formula is C8H2F5IO. The smallest absolute Gasteiger partial charge is 0.284 e. The second kappa shape index (κ2) is 4.03. The molecule has 82 valence electrons. The molecule has 1 aromatic rings. The van der Waals surface area contributed by atoms with Gasteiger partial charge in [0.2, 0.25) is 0 Å². The molecule has 0 saturated heterocycles. The number of rotatable bonds is 1. The van der Waals surface area contributed by atoms with E-state index in [0.29, 0.717) is 12.1 Å². The third-order valence-corrected chi connectivity index (χ3v) is 2.58. The van der Waals surface area contributed by atoms with E-state index in [1.165, 1.54) is 0 Å². The van der Waals surface area contributed by atoms with Crippen LogP contribution in [0.25, 0.3) is 0 Å². The van der Waals surface area contributed by atoms with Crippen molar-refractivity contribution in [1.29, 1.82) is 0 Å². The highest BCUT2D eigenvalue weighted by molar-refractivity contribution is 14.1. The van der Waals surface area contributed by atoms with Crippen LogP contribution in [0.5, 0.6) is 0 Å². The molecule has 0 spiro atoms. The van der Waals surface area contributed by atoms with Crippen molar-refractivity contribution in [3.8, 4) is 0 Å². The van der Waals surface area contributed by atoms with Gasteiger partial charge < -0.3 is 0 Å². The molecule has 0 aliphatic heterocycles. The summed E-state index contributed by atoms with van der Waals surface area (Å²) >= 11 is 1.15. The monoisotopic (exact) mass is 336 g/mol. The molecule has 0 heterocycles. The van der Waals surface area contributed by atoms with Crippen LogP contribution in [0.1, 0.15) is 10.4 Å². The number of carbonyl (C=O) groups excluding carboxylic acids is 1. The average Bonchev–Trinajstić information content (AvgIpc) is 2.10. The first-order valence-electron chi connectivity index (χ1n) is 3.50. The quantitative estimate of drug-likeness (QED) is 0.333. The molecule has 15 heavy (non-hydrogen) atoms. The van der Waals surface area contributed by atoms with E-state index in [9.17, 15) is 26.7 Å². The maximum absolute atomic E-state index is 12.9. The normalized spacial score (nSPS) is 11.6. The number of Topliss-reactive ketones (excluding diaryl/α,β-unsaturated/α-hetero) is 1. The maximum atomic E-state index is 12.9. The fourth-order valence-corrected chi connectivity index (χ4v) is 1.56. The van der Waals surface area contributed by atoms with Gasteiger partial charge in [-0.1, -0.05) is 0 Å². The summed E-state index contributed by atoms with van der Waals surface area (Å²) in [5.41, 5.74) is -1.27. The van der Waals surface area contributed by atoms with Gasteiger partial charge in [0.25, 0.3) is 5.78 Å². The molecule has 1 rings (SSSR count). The van der Waals surface area contributed by atoms with Gasteiger partial charge in [0.15, 0.2) is 0 Å². The molecule has 0 aliphatic rings. The fourth-order valence-electron chi connectivity index (χ4n) is 0.877. The first kappa shape index (κ1) is 12.3. The number of halogens is 6. The van der Waals surface area contributed by atoms with Crippen LogP contribution in [0.4, 0.5) is 22.0 Å². The Morgan fingerprint density at radius 1 is 1.13 bits per heavy atom. The zero-order valence-electron chi connectivity index (χ0n) is 6.83. The van der Waals surface area contributed by atoms with Crippen LogP contribution >= 0.6 is 22.6 Å². The van der Waals surface area contributed by atoms with E-state index in [2.05, 4.69) is 0 Å². The minimum absolute atomic E-state index is 0.483. The number of alkyl halides is 3. The Kier molecular flexibility index (Phi) is 3.31. The van der Waals surface area contributed by atoms with Crippen molar-refractivity contribution in [3.63, 3.8) is 0 Å². The Labute approximate surface area is 94.4 Å². The Bertz CT molecular complexity index is 412. The highest BCUT2D eigenvalue weighted by atomic mass is 127. The molecule has 0 aliphatic carbocycles. The van der Waals surface area contributed by atoms with Gasteiger partial charge in [-0.25, -0.2) is 8.78 Å². The number of carbonyl (C=O) groups is 1. The number of ketones is 1. The highest BCUT2D eigenvalue weighted by Gasteiger charge is 2.42. The van der Waals surface area contributed by atoms with E-state index < -0.39 is 32.7 Å². The highest BCUT2D eigenvalue weighted by Crippen LogP contribution is 2.27. The summed E-state index contributed by atoms with van der Waals surface area (Å²) in [5.74, 6) is -4.84. The van der Waals surface area contributed by atoms with E-state index in [1.54, 1.807) is 0 Å². The molecule has 0 amide bonds. The number of hydrogen-bond acceptors (Lipinski definition) is 1. The van der Waals surface area contributed by atoms with Gasteiger partial charge >= 0.3 is 6.18 Å². The SMILES string of the molecule is O=C(c1c(F)ccc(F)c1I)C(F)(F)F. The van der Waals surface area contributed by atoms with Crippen LogP contribution in [0, 0.1) is 15.2 Å². The molecule has 0 unspecified atom stereocenters. The van der Waals surface area contributed by atoms with Crippen LogP contribution in [0.2, 0.25) is 0 Å². The van der Waals surface area contributed by atoms with Crippen molar-refractivity contribution in [1.82, 2.24) is 0 Å². The van der Waals surface area contributed by atoms with Crippen molar-refractivity contribution in [2.45, 2.75) is 6.18 Å². The van der Waals surface area contributed by atoms with Crippen LogP contribution in [-0.2, 0) is 0 Å². The molecule has 0 N–H and O–H groups in total. The average molecular weight is 336 g/mol. The molecule has 0 fully saturated rings. The van der Waals surface area contributed by atoms with E-state index in [4.69, 9.17) is 0 Å². The Balaban J connectivity index is 3.38. The summed E-state index contributed by atoms with van der Waals surface area (Å²) in [4.78, 5) is 10.7. The third kappa shape index (κ3) is 2.44. The molecule has 1 nitrogen and oxygen atoms in total. The van der Waals surface area contributed by atoms with Crippen LogP contribution < -0.4 is 0 Å². The standard InChI is InChI=1S/C8H2F5IO/c9-3-1-2-4(10)6(14)5(3)7(15)8(11,12)13/h1-2H. The molecule has 0 radical (unpaired) electrons. The lowest BCUT2D eigenvalue weighted by atomic mass is 10.1. The number of benzene rings is 1. The summed E-state index contributed by atoms with van der Waals surface area (Å²) < 4.78 is 61.0. The predicted molar refractivity (Wildman–Crippen MR) is 49.5 cm³/mol. The summed E-state index contributed by atoms with van der Waals surface area (Å²) in [6.07, 6.45) is -5.21. The molecule has 1 aromatic carbocycles.